The van der Waals surface area contributed by atoms with Crippen LogP contribution in [0, 0.1) is 18.3 Å². The van der Waals surface area contributed by atoms with Crippen LogP contribution in [0.4, 0.5) is 17.2 Å². The molecular formula is C33H31N5O3. The molecule has 8 nitrogen and oxygen atoms in total. The van der Waals surface area contributed by atoms with Gasteiger partial charge in [0.25, 0.3) is 11.8 Å². The molecule has 2 heterocycles. The van der Waals surface area contributed by atoms with E-state index in [1.807, 2.05) is 72.5 Å². The van der Waals surface area contributed by atoms with E-state index in [9.17, 15) is 9.59 Å². The number of carbonyl (C=O) groups excluding carboxylic acids is 2. The standard InChI is InChI=1S/C33H31N5O3/c1-22-3-6-27(33(40)38-17-14-25(15-18-38)24-7-4-23(21-34)5-8-24)19-30(22)37-32(39)26-13-16-35-31(20-26)36-28-9-11-29(41-2)12-10-28/h3-13,16,19-20,25H,14-15,17-18H2,1-2H3,(H,35,36)(H,37,39). The van der Waals surface area contributed by atoms with Crippen LogP contribution in [0.15, 0.2) is 85.1 Å². The minimum atomic E-state index is -0.291. The van der Waals surface area contributed by atoms with Crippen molar-refractivity contribution in [2.45, 2.75) is 25.7 Å². The highest BCUT2D eigenvalue weighted by atomic mass is 16.5. The van der Waals surface area contributed by atoms with Gasteiger partial charge in [0.15, 0.2) is 0 Å². The Kier molecular flexibility index (Phi) is 8.26. The molecule has 0 saturated carbocycles. The maximum atomic E-state index is 13.4. The molecule has 2 N–H and O–H groups in total. The number of aromatic nitrogens is 1. The van der Waals surface area contributed by atoms with Gasteiger partial charge in [-0.25, -0.2) is 4.98 Å². The first-order valence-corrected chi connectivity index (χ1v) is 13.5. The highest BCUT2D eigenvalue weighted by molar-refractivity contribution is 6.06. The first kappa shape index (κ1) is 27.4. The Balaban J connectivity index is 1.22. The van der Waals surface area contributed by atoms with Gasteiger partial charge in [0.05, 0.1) is 18.7 Å². The number of hydrogen-bond donors (Lipinski definition) is 2. The second-order valence-corrected chi connectivity index (χ2v) is 10.1. The number of amides is 2. The van der Waals surface area contributed by atoms with Crippen LogP contribution in [0.5, 0.6) is 5.75 Å². The number of piperidine rings is 1. The lowest BCUT2D eigenvalue weighted by Crippen LogP contribution is -2.38. The zero-order chi connectivity index (χ0) is 28.8. The lowest BCUT2D eigenvalue weighted by atomic mass is 9.89. The van der Waals surface area contributed by atoms with Crippen LogP contribution in [-0.2, 0) is 0 Å². The third-order valence-electron chi connectivity index (χ3n) is 7.41. The summed E-state index contributed by atoms with van der Waals surface area (Å²) in [6, 6.07) is 26.0. The van der Waals surface area contributed by atoms with Crippen LogP contribution >= 0.6 is 0 Å². The molecule has 1 fully saturated rings. The number of nitrogens with one attached hydrogen (secondary N) is 2. The van der Waals surface area contributed by atoms with Gasteiger partial charge in [-0.2, -0.15) is 5.26 Å². The molecule has 0 spiro atoms. The monoisotopic (exact) mass is 545 g/mol. The van der Waals surface area contributed by atoms with Gasteiger partial charge in [-0.1, -0.05) is 18.2 Å². The van der Waals surface area contributed by atoms with E-state index in [4.69, 9.17) is 10.00 Å². The van der Waals surface area contributed by atoms with Gasteiger partial charge in [-0.15, -0.1) is 0 Å². The predicted molar refractivity (Wildman–Crippen MR) is 159 cm³/mol. The quantitative estimate of drug-likeness (QED) is 0.283. The van der Waals surface area contributed by atoms with Crippen LogP contribution in [0.1, 0.15) is 56.2 Å². The van der Waals surface area contributed by atoms with Crippen LogP contribution in [0.25, 0.3) is 0 Å². The molecule has 5 rings (SSSR count). The fourth-order valence-electron chi connectivity index (χ4n) is 4.97. The summed E-state index contributed by atoms with van der Waals surface area (Å²) in [4.78, 5) is 32.7. The summed E-state index contributed by atoms with van der Waals surface area (Å²) >= 11 is 0. The predicted octanol–water partition coefficient (Wildman–Crippen LogP) is 6.29. The summed E-state index contributed by atoms with van der Waals surface area (Å²) in [7, 11) is 1.61. The third-order valence-corrected chi connectivity index (χ3v) is 7.41. The lowest BCUT2D eigenvalue weighted by Gasteiger charge is -2.32. The van der Waals surface area contributed by atoms with E-state index in [0.29, 0.717) is 47.2 Å². The second kappa shape index (κ2) is 12.3. The van der Waals surface area contributed by atoms with E-state index in [1.165, 1.54) is 5.56 Å². The number of anilines is 3. The van der Waals surface area contributed by atoms with E-state index in [2.05, 4.69) is 21.7 Å². The van der Waals surface area contributed by atoms with Crippen molar-refractivity contribution in [1.29, 1.82) is 5.26 Å². The summed E-state index contributed by atoms with van der Waals surface area (Å²) in [5.41, 5.74) is 5.11. The number of nitriles is 1. The molecule has 0 radical (unpaired) electrons. The van der Waals surface area contributed by atoms with Crippen molar-refractivity contribution in [2.75, 3.05) is 30.8 Å². The summed E-state index contributed by atoms with van der Waals surface area (Å²) in [6.07, 6.45) is 3.30. The normalized spacial score (nSPS) is 13.2. The third kappa shape index (κ3) is 6.53. The number of pyridine rings is 1. The minimum absolute atomic E-state index is 0.0475. The summed E-state index contributed by atoms with van der Waals surface area (Å²) in [5.74, 6) is 1.31. The maximum Gasteiger partial charge on any atom is 0.255 e. The van der Waals surface area contributed by atoms with Gasteiger partial charge >= 0.3 is 0 Å². The number of benzene rings is 3. The Morgan fingerprint density at radius 2 is 1.68 bits per heavy atom. The van der Waals surface area contributed by atoms with Crippen molar-refractivity contribution in [3.05, 3.63) is 113 Å². The smallest absolute Gasteiger partial charge is 0.255 e. The lowest BCUT2D eigenvalue weighted by molar-refractivity contribution is 0.0712. The molecule has 0 aliphatic carbocycles. The second-order valence-electron chi connectivity index (χ2n) is 10.1. The number of carbonyl (C=O) groups is 2. The van der Waals surface area contributed by atoms with Crippen molar-refractivity contribution in [2.24, 2.45) is 0 Å². The molecule has 0 atom stereocenters. The van der Waals surface area contributed by atoms with Gasteiger partial charge in [-0.05, 0) is 97.5 Å². The first-order valence-electron chi connectivity index (χ1n) is 13.5. The maximum absolute atomic E-state index is 13.4. The number of ether oxygens (including phenoxy) is 1. The van der Waals surface area contributed by atoms with Crippen molar-refractivity contribution < 1.29 is 14.3 Å². The zero-order valence-corrected chi connectivity index (χ0v) is 23.1. The van der Waals surface area contributed by atoms with E-state index in [1.54, 1.807) is 31.5 Å². The van der Waals surface area contributed by atoms with Crippen LogP contribution in [0.2, 0.25) is 0 Å². The summed E-state index contributed by atoms with van der Waals surface area (Å²) < 4.78 is 5.19. The van der Waals surface area contributed by atoms with E-state index < -0.39 is 0 Å². The van der Waals surface area contributed by atoms with E-state index in [0.717, 1.165) is 29.8 Å². The molecule has 1 saturated heterocycles. The Hall–Kier alpha value is -5.16. The number of likely N-dealkylation sites (tertiary alicyclic amines) is 1. The van der Waals surface area contributed by atoms with Gasteiger partial charge in [-0.3, -0.25) is 9.59 Å². The highest BCUT2D eigenvalue weighted by Gasteiger charge is 2.25. The van der Waals surface area contributed by atoms with Crippen molar-refractivity contribution in [1.82, 2.24) is 9.88 Å². The molecule has 4 aromatic rings. The van der Waals surface area contributed by atoms with Gasteiger partial charge in [0, 0.05) is 41.8 Å². The Morgan fingerprint density at radius 1 is 0.951 bits per heavy atom. The Bertz CT molecular complexity index is 1580. The molecule has 1 aliphatic rings. The largest absolute Gasteiger partial charge is 0.497 e. The zero-order valence-electron chi connectivity index (χ0n) is 23.1. The van der Waals surface area contributed by atoms with Crippen molar-refractivity contribution in [3.63, 3.8) is 0 Å². The molecular weight excluding hydrogens is 514 g/mol. The number of nitrogens with zero attached hydrogens (tertiary/aromatic N) is 3. The first-order chi connectivity index (χ1) is 19.9. The molecule has 0 unspecified atom stereocenters. The fourth-order valence-corrected chi connectivity index (χ4v) is 4.97. The van der Waals surface area contributed by atoms with Crippen LogP contribution in [0.3, 0.4) is 0 Å². The summed E-state index contributed by atoms with van der Waals surface area (Å²) in [6.45, 7) is 3.20. The Morgan fingerprint density at radius 3 is 2.37 bits per heavy atom. The van der Waals surface area contributed by atoms with E-state index in [-0.39, 0.29) is 11.8 Å². The molecule has 1 aromatic heterocycles. The average Bonchev–Trinajstić information content (AvgIpc) is 3.02. The summed E-state index contributed by atoms with van der Waals surface area (Å²) in [5, 5.41) is 15.2. The molecule has 206 valence electrons. The van der Waals surface area contributed by atoms with Crippen LogP contribution < -0.4 is 15.4 Å². The molecule has 0 bridgehead atoms. The number of methoxy groups -OCH3 is 1. The van der Waals surface area contributed by atoms with E-state index >= 15 is 0 Å². The molecule has 1 aliphatic heterocycles. The van der Waals surface area contributed by atoms with Gasteiger partial charge in [0.1, 0.15) is 11.6 Å². The average molecular weight is 546 g/mol. The van der Waals surface area contributed by atoms with Gasteiger partial charge in [0.2, 0.25) is 0 Å². The number of aryl methyl sites for hydroxylation is 1. The SMILES string of the molecule is COc1ccc(Nc2cc(C(=O)Nc3cc(C(=O)N4CCC(c5ccc(C#N)cc5)CC4)ccc3C)ccn2)cc1. The molecule has 2 amide bonds. The number of hydrogen-bond acceptors (Lipinski definition) is 6. The fraction of sp³-hybridized carbons (Fsp3) is 0.212. The highest BCUT2D eigenvalue weighted by Crippen LogP contribution is 2.29. The number of rotatable bonds is 7. The van der Waals surface area contributed by atoms with Crippen molar-refractivity contribution in [3.8, 4) is 11.8 Å². The minimum Gasteiger partial charge on any atom is -0.497 e. The molecule has 41 heavy (non-hydrogen) atoms. The Labute approximate surface area is 239 Å². The van der Waals surface area contributed by atoms with Crippen molar-refractivity contribution >= 4 is 29.0 Å². The van der Waals surface area contributed by atoms with Gasteiger partial charge < -0.3 is 20.3 Å². The topological polar surface area (TPSA) is 107 Å². The molecule has 3 aromatic carbocycles. The molecule has 8 heteroatoms. The van der Waals surface area contributed by atoms with Crippen LogP contribution in [-0.4, -0.2) is 41.9 Å².